The molecular weight excluding hydrogens is 250 g/mol. The average Bonchev–Trinajstić information content (AvgIpc) is 2.39. The third-order valence-electron chi connectivity index (χ3n) is 2.52. The van der Waals surface area contributed by atoms with Crippen molar-refractivity contribution in [3.63, 3.8) is 0 Å². The molecule has 0 aliphatic carbocycles. The Kier molecular flexibility index (Phi) is 4.02. The van der Waals surface area contributed by atoms with Crippen molar-refractivity contribution < 1.29 is 4.74 Å². The van der Waals surface area contributed by atoms with Gasteiger partial charge in [0.15, 0.2) is 0 Å². The molecule has 1 heterocycles. The fourth-order valence-electron chi connectivity index (χ4n) is 1.53. The predicted octanol–water partition coefficient (Wildman–Crippen LogP) is 2.91. The molecule has 4 nitrogen and oxygen atoms in total. The normalized spacial score (nSPS) is 10.2. The number of para-hydroxylation sites is 1. The van der Waals surface area contributed by atoms with Gasteiger partial charge in [0, 0.05) is 0 Å². The van der Waals surface area contributed by atoms with Gasteiger partial charge in [-0.3, -0.25) is 0 Å². The smallest absolute Gasteiger partial charge is 0.140 e. The molecule has 1 aromatic carbocycles. The Morgan fingerprint density at radius 1 is 1.28 bits per heavy atom. The maximum atomic E-state index is 6.05. The second kappa shape index (κ2) is 5.71. The molecule has 1 aromatic heterocycles. The lowest BCUT2D eigenvalue weighted by atomic mass is 10.2. The van der Waals surface area contributed by atoms with Crippen LogP contribution in [-0.4, -0.2) is 4.98 Å². The monoisotopic (exact) mass is 263 g/mol. The highest BCUT2D eigenvalue weighted by molar-refractivity contribution is 6.31. The van der Waals surface area contributed by atoms with Crippen molar-refractivity contribution in [1.82, 2.24) is 4.98 Å². The molecule has 0 amide bonds. The Bertz CT molecular complexity index is 546. The quantitative estimate of drug-likeness (QED) is 0.658. The molecule has 0 bridgehead atoms. The number of hydrogen-bond donors (Lipinski definition) is 2. The van der Waals surface area contributed by atoms with Gasteiger partial charge in [-0.2, -0.15) is 0 Å². The second-order valence-electron chi connectivity index (χ2n) is 3.82. The molecule has 3 N–H and O–H groups in total. The minimum absolute atomic E-state index is 0.305. The van der Waals surface area contributed by atoms with E-state index in [2.05, 4.69) is 10.4 Å². The molecule has 0 aliphatic rings. The summed E-state index contributed by atoms with van der Waals surface area (Å²) in [6, 6.07) is 11.2. The van der Waals surface area contributed by atoms with Gasteiger partial charge < -0.3 is 10.2 Å². The highest BCUT2D eigenvalue weighted by Gasteiger charge is 2.05. The first-order chi connectivity index (χ1) is 8.70. The third-order valence-corrected chi connectivity index (χ3v) is 2.87. The molecule has 0 aliphatic heterocycles. The molecule has 18 heavy (non-hydrogen) atoms. The van der Waals surface area contributed by atoms with E-state index in [9.17, 15) is 0 Å². The summed E-state index contributed by atoms with van der Waals surface area (Å²) in [6.45, 7) is 2.29. The first-order valence-corrected chi connectivity index (χ1v) is 5.89. The van der Waals surface area contributed by atoms with Crippen LogP contribution in [0.2, 0.25) is 5.02 Å². The molecule has 94 valence electrons. The number of nitrogens with two attached hydrogens (primary N) is 1. The van der Waals surface area contributed by atoms with Crippen LogP contribution in [0.25, 0.3) is 0 Å². The van der Waals surface area contributed by atoms with Gasteiger partial charge in [0.1, 0.15) is 18.2 Å². The number of rotatable bonds is 4. The van der Waals surface area contributed by atoms with E-state index < -0.39 is 0 Å². The van der Waals surface area contributed by atoms with Crippen LogP contribution in [0.1, 0.15) is 11.3 Å². The second-order valence-corrected chi connectivity index (χ2v) is 4.23. The van der Waals surface area contributed by atoms with Crippen LogP contribution in [0.15, 0.2) is 36.4 Å². The zero-order valence-corrected chi connectivity index (χ0v) is 10.7. The highest BCUT2D eigenvalue weighted by Crippen LogP contribution is 2.21. The van der Waals surface area contributed by atoms with Crippen molar-refractivity contribution in [2.75, 3.05) is 5.43 Å². The lowest BCUT2D eigenvalue weighted by Crippen LogP contribution is -2.10. The van der Waals surface area contributed by atoms with Gasteiger partial charge in [-0.05, 0) is 30.7 Å². The van der Waals surface area contributed by atoms with Crippen LogP contribution >= 0.6 is 11.6 Å². The number of aromatic nitrogens is 1. The molecule has 0 saturated carbocycles. The number of pyridine rings is 1. The van der Waals surface area contributed by atoms with E-state index in [1.54, 1.807) is 12.1 Å². The van der Waals surface area contributed by atoms with Crippen LogP contribution in [0.4, 0.5) is 5.82 Å². The summed E-state index contributed by atoms with van der Waals surface area (Å²) in [5.74, 6) is 6.68. The predicted molar refractivity (Wildman–Crippen MR) is 72.6 cm³/mol. The summed E-state index contributed by atoms with van der Waals surface area (Å²) in [5.41, 5.74) is 4.20. The number of nitrogens with one attached hydrogen (secondary N) is 1. The van der Waals surface area contributed by atoms with Crippen molar-refractivity contribution in [1.29, 1.82) is 0 Å². The van der Waals surface area contributed by atoms with Crippen LogP contribution < -0.4 is 16.0 Å². The van der Waals surface area contributed by atoms with E-state index in [-0.39, 0.29) is 0 Å². The number of nitrogen functional groups attached to an aromatic ring is 1. The van der Waals surface area contributed by atoms with Crippen molar-refractivity contribution in [3.05, 3.63) is 52.7 Å². The molecule has 5 heteroatoms. The Morgan fingerprint density at radius 3 is 2.78 bits per heavy atom. The minimum atomic E-state index is 0.305. The first-order valence-electron chi connectivity index (χ1n) is 5.51. The summed E-state index contributed by atoms with van der Waals surface area (Å²) in [5, 5.41) is 0.558. The fraction of sp³-hybridized carbons (Fsp3) is 0.154. The van der Waals surface area contributed by atoms with Gasteiger partial charge in [-0.25, -0.2) is 10.8 Å². The Balaban J connectivity index is 2.13. The van der Waals surface area contributed by atoms with Crippen LogP contribution in [0, 0.1) is 6.92 Å². The number of halogens is 1. The van der Waals surface area contributed by atoms with Crippen molar-refractivity contribution >= 4 is 17.4 Å². The number of hydrogen-bond acceptors (Lipinski definition) is 4. The molecule has 0 fully saturated rings. The van der Waals surface area contributed by atoms with Gasteiger partial charge in [-0.15, -0.1) is 0 Å². The maximum Gasteiger partial charge on any atom is 0.140 e. The molecule has 2 rings (SSSR count). The van der Waals surface area contributed by atoms with Crippen LogP contribution in [0.5, 0.6) is 5.75 Å². The van der Waals surface area contributed by atoms with Gasteiger partial charge in [0.25, 0.3) is 0 Å². The molecule has 0 saturated heterocycles. The summed E-state index contributed by atoms with van der Waals surface area (Å²) in [4.78, 5) is 4.24. The van der Waals surface area contributed by atoms with E-state index in [0.29, 0.717) is 23.1 Å². The van der Waals surface area contributed by atoms with Gasteiger partial charge in [0.05, 0.1) is 10.7 Å². The van der Waals surface area contributed by atoms with Crippen molar-refractivity contribution in [2.45, 2.75) is 13.5 Å². The van der Waals surface area contributed by atoms with E-state index in [4.69, 9.17) is 22.2 Å². The number of aryl methyl sites for hydroxylation is 1. The Hall–Kier alpha value is -1.78. The third kappa shape index (κ3) is 2.91. The summed E-state index contributed by atoms with van der Waals surface area (Å²) in [7, 11) is 0. The average molecular weight is 264 g/mol. The van der Waals surface area contributed by atoms with E-state index in [1.165, 1.54) is 0 Å². The molecule has 2 aromatic rings. The van der Waals surface area contributed by atoms with Crippen LogP contribution in [0.3, 0.4) is 0 Å². The topological polar surface area (TPSA) is 60.2 Å². The summed E-state index contributed by atoms with van der Waals surface area (Å²) < 4.78 is 5.69. The Labute approximate surface area is 111 Å². The number of ether oxygens (including phenoxy) is 1. The van der Waals surface area contributed by atoms with E-state index >= 15 is 0 Å². The van der Waals surface area contributed by atoms with Crippen molar-refractivity contribution in [2.24, 2.45) is 5.84 Å². The largest absolute Gasteiger partial charge is 0.487 e. The number of benzene rings is 1. The van der Waals surface area contributed by atoms with Gasteiger partial charge in [0.2, 0.25) is 0 Å². The van der Waals surface area contributed by atoms with Gasteiger partial charge in [-0.1, -0.05) is 29.8 Å². The maximum absolute atomic E-state index is 6.05. The zero-order valence-electron chi connectivity index (χ0n) is 9.98. The first kappa shape index (κ1) is 12.7. The number of hydrazine groups is 1. The summed E-state index contributed by atoms with van der Waals surface area (Å²) >= 11 is 6.05. The molecule has 0 spiro atoms. The van der Waals surface area contributed by atoms with E-state index in [1.807, 2.05) is 31.2 Å². The molecule has 0 radical (unpaired) electrons. The van der Waals surface area contributed by atoms with Crippen LogP contribution in [-0.2, 0) is 6.61 Å². The standard InChI is InChI=1S/C13H14ClN3O/c1-9-4-2-3-5-12(9)18-8-11-10(14)6-7-13(16-11)17-15/h2-7H,8,15H2,1H3,(H,16,17). The fourth-order valence-corrected chi connectivity index (χ4v) is 1.69. The van der Waals surface area contributed by atoms with Crippen molar-refractivity contribution in [3.8, 4) is 5.75 Å². The SMILES string of the molecule is Cc1ccccc1OCc1nc(NN)ccc1Cl. The summed E-state index contributed by atoms with van der Waals surface area (Å²) in [6.07, 6.45) is 0. The highest BCUT2D eigenvalue weighted by atomic mass is 35.5. The minimum Gasteiger partial charge on any atom is -0.487 e. The Morgan fingerprint density at radius 2 is 2.06 bits per heavy atom. The lowest BCUT2D eigenvalue weighted by Gasteiger charge is -2.10. The number of anilines is 1. The lowest BCUT2D eigenvalue weighted by molar-refractivity contribution is 0.299. The van der Waals surface area contributed by atoms with Gasteiger partial charge >= 0.3 is 0 Å². The zero-order chi connectivity index (χ0) is 13.0. The molecular formula is C13H14ClN3O. The molecule has 0 unspecified atom stereocenters. The molecule has 0 atom stereocenters. The number of nitrogens with zero attached hydrogens (tertiary/aromatic N) is 1. The van der Waals surface area contributed by atoms with E-state index in [0.717, 1.165) is 11.3 Å².